The number of hydrogen-bond acceptors (Lipinski definition) is 5. The molecule has 1 N–H and O–H groups in total. The lowest BCUT2D eigenvalue weighted by atomic mass is 10.0. The predicted octanol–water partition coefficient (Wildman–Crippen LogP) is 1.82. The van der Waals surface area contributed by atoms with E-state index in [1.807, 2.05) is 9.80 Å². The van der Waals surface area contributed by atoms with Gasteiger partial charge in [0.1, 0.15) is 11.9 Å². The Bertz CT molecular complexity index is 998. The van der Waals surface area contributed by atoms with Crippen LogP contribution < -0.4 is 10.2 Å². The fraction of sp³-hybridized carbons (Fsp3) is 0.583. The number of rotatable bonds is 4. The van der Waals surface area contributed by atoms with Gasteiger partial charge in [0.2, 0.25) is 17.7 Å². The minimum atomic E-state index is -0.719. The molecule has 3 heterocycles. The number of carbonyl (C=O) groups is 4. The van der Waals surface area contributed by atoms with E-state index in [2.05, 4.69) is 5.32 Å². The van der Waals surface area contributed by atoms with Crippen molar-refractivity contribution in [2.75, 3.05) is 31.1 Å². The van der Waals surface area contributed by atoms with Crippen molar-refractivity contribution in [2.45, 2.75) is 57.5 Å². The number of anilines is 1. The number of piperidine rings is 1. The van der Waals surface area contributed by atoms with E-state index in [9.17, 15) is 19.2 Å². The molecule has 3 fully saturated rings. The molecule has 1 unspecified atom stereocenters. The minimum absolute atomic E-state index is 0.180. The highest BCUT2D eigenvalue weighted by Crippen LogP contribution is 2.33. The molecule has 176 valence electrons. The van der Waals surface area contributed by atoms with E-state index < -0.39 is 17.8 Å². The maximum absolute atomic E-state index is 15.0. The van der Waals surface area contributed by atoms with Gasteiger partial charge in [0, 0.05) is 51.1 Å². The molecule has 1 aliphatic carbocycles. The van der Waals surface area contributed by atoms with Crippen LogP contribution in [0, 0.1) is 11.7 Å². The first-order valence-electron chi connectivity index (χ1n) is 11.9. The average molecular weight is 457 g/mol. The number of amides is 4. The van der Waals surface area contributed by atoms with Crippen LogP contribution in [0.1, 0.15) is 60.9 Å². The van der Waals surface area contributed by atoms with Crippen molar-refractivity contribution >= 4 is 29.3 Å². The average Bonchev–Trinajstić information content (AvgIpc) is 3.41. The molecule has 0 radical (unpaired) electrons. The summed E-state index contributed by atoms with van der Waals surface area (Å²) in [6, 6.07) is 2.24. The first kappa shape index (κ1) is 21.9. The second kappa shape index (κ2) is 8.76. The molecule has 1 saturated carbocycles. The van der Waals surface area contributed by atoms with E-state index >= 15 is 4.39 Å². The molecule has 3 aliphatic heterocycles. The molecule has 0 spiro atoms. The van der Waals surface area contributed by atoms with Crippen LogP contribution in [0.4, 0.5) is 10.1 Å². The third kappa shape index (κ3) is 4.20. The zero-order valence-electron chi connectivity index (χ0n) is 18.6. The van der Waals surface area contributed by atoms with Gasteiger partial charge < -0.3 is 14.7 Å². The predicted molar refractivity (Wildman–Crippen MR) is 118 cm³/mol. The van der Waals surface area contributed by atoms with Crippen LogP contribution in [0.15, 0.2) is 12.1 Å². The lowest BCUT2D eigenvalue weighted by Crippen LogP contribution is -2.52. The third-order valence-corrected chi connectivity index (χ3v) is 7.50. The summed E-state index contributed by atoms with van der Waals surface area (Å²) in [6.07, 6.45) is 5.78. The molecule has 9 heteroatoms. The highest BCUT2D eigenvalue weighted by Gasteiger charge is 2.40. The van der Waals surface area contributed by atoms with Crippen LogP contribution >= 0.6 is 0 Å². The van der Waals surface area contributed by atoms with Gasteiger partial charge in [-0.1, -0.05) is 12.8 Å². The largest absolute Gasteiger partial charge is 0.366 e. The number of piperazine rings is 1. The SMILES string of the molecule is O=C1CCC(N2Cc3cc(N4CCN(C(=O)CC5CCCC5)CC4)c(F)cc3C2=O)C(=O)N1. The Hall–Kier alpha value is -2.97. The Morgan fingerprint density at radius 1 is 1.03 bits per heavy atom. The van der Waals surface area contributed by atoms with Crippen LogP contribution in [-0.2, 0) is 20.9 Å². The third-order valence-electron chi connectivity index (χ3n) is 7.50. The van der Waals surface area contributed by atoms with E-state index in [-0.39, 0.29) is 42.7 Å². The number of fused-ring (bicyclic) bond motifs is 1. The number of nitrogens with zero attached hydrogens (tertiary/aromatic N) is 3. The Morgan fingerprint density at radius 3 is 2.45 bits per heavy atom. The highest BCUT2D eigenvalue weighted by atomic mass is 19.1. The van der Waals surface area contributed by atoms with E-state index in [0.717, 1.165) is 12.8 Å². The molecular formula is C24H29FN4O4. The van der Waals surface area contributed by atoms with Crippen molar-refractivity contribution in [1.29, 1.82) is 0 Å². The minimum Gasteiger partial charge on any atom is -0.366 e. The monoisotopic (exact) mass is 456 g/mol. The van der Waals surface area contributed by atoms with Crippen molar-refractivity contribution in [3.05, 3.63) is 29.1 Å². The normalized spacial score (nSPS) is 23.8. The van der Waals surface area contributed by atoms with Crippen LogP contribution in [0.2, 0.25) is 0 Å². The molecule has 2 saturated heterocycles. The van der Waals surface area contributed by atoms with Crippen LogP contribution in [0.3, 0.4) is 0 Å². The maximum atomic E-state index is 15.0. The van der Waals surface area contributed by atoms with Crippen molar-refractivity contribution in [3.8, 4) is 0 Å². The van der Waals surface area contributed by atoms with Gasteiger partial charge in [-0.15, -0.1) is 0 Å². The van der Waals surface area contributed by atoms with Crippen molar-refractivity contribution < 1.29 is 23.6 Å². The van der Waals surface area contributed by atoms with E-state index in [1.54, 1.807) is 6.07 Å². The number of benzene rings is 1. The van der Waals surface area contributed by atoms with Gasteiger partial charge >= 0.3 is 0 Å². The fourth-order valence-corrected chi connectivity index (χ4v) is 5.61. The Morgan fingerprint density at radius 2 is 1.76 bits per heavy atom. The fourth-order valence-electron chi connectivity index (χ4n) is 5.61. The number of halogens is 1. The van der Waals surface area contributed by atoms with E-state index in [0.29, 0.717) is 49.8 Å². The Labute approximate surface area is 192 Å². The molecule has 1 aromatic rings. The summed E-state index contributed by atoms with van der Waals surface area (Å²) in [5, 5.41) is 2.28. The van der Waals surface area contributed by atoms with Gasteiger partial charge in [-0.05, 0) is 42.9 Å². The summed E-state index contributed by atoms with van der Waals surface area (Å²) in [4.78, 5) is 54.4. The summed E-state index contributed by atoms with van der Waals surface area (Å²) in [7, 11) is 0. The second-order valence-electron chi connectivity index (χ2n) is 9.58. The second-order valence-corrected chi connectivity index (χ2v) is 9.58. The summed E-state index contributed by atoms with van der Waals surface area (Å²) in [5.41, 5.74) is 1.38. The van der Waals surface area contributed by atoms with Gasteiger partial charge in [0.15, 0.2) is 0 Å². The van der Waals surface area contributed by atoms with Gasteiger partial charge in [0.25, 0.3) is 5.91 Å². The van der Waals surface area contributed by atoms with Gasteiger partial charge in [-0.25, -0.2) is 4.39 Å². The first-order valence-corrected chi connectivity index (χ1v) is 11.9. The molecule has 4 amide bonds. The Balaban J connectivity index is 1.25. The topological polar surface area (TPSA) is 90.0 Å². The van der Waals surface area contributed by atoms with Crippen LogP contribution in [0.25, 0.3) is 0 Å². The summed E-state index contributed by atoms with van der Waals surface area (Å²) >= 11 is 0. The maximum Gasteiger partial charge on any atom is 0.255 e. The highest BCUT2D eigenvalue weighted by molar-refractivity contribution is 6.05. The van der Waals surface area contributed by atoms with Crippen molar-refractivity contribution in [1.82, 2.24) is 15.1 Å². The number of hydrogen-bond donors (Lipinski definition) is 1. The molecule has 1 aromatic carbocycles. The molecule has 1 atom stereocenters. The van der Waals surface area contributed by atoms with Gasteiger partial charge in [0.05, 0.1) is 5.69 Å². The number of imide groups is 1. The molecule has 5 rings (SSSR count). The van der Waals surface area contributed by atoms with E-state index in [1.165, 1.54) is 23.8 Å². The standard InChI is InChI=1S/C24H29FN4O4/c25-18-13-17-16(14-29(24(17)33)19-5-6-21(30)26-23(19)32)12-20(18)27-7-9-28(10-8-27)22(31)11-15-3-1-2-4-15/h12-13,15,19H,1-11,14H2,(H,26,30,32). The summed E-state index contributed by atoms with van der Waals surface area (Å²) in [6.45, 7) is 2.41. The van der Waals surface area contributed by atoms with Crippen molar-refractivity contribution in [2.24, 2.45) is 5.92 Å². The quantitative estimate of drug-likeness (QED) is 0.698. The van der Waals surface area contributed by atoms with Crippen LogP contribution in [-0.4, -0.2) is 65.6 Å². The van der Waals surface area contributed by atoms with Crippen LogP contribution in [0.5, 0.6) is 0 Å². The Kier molecular flexibility index (Phi) is 5.80. The van der Waals surface area contributed by atoms with E-state index in [4.69, 9.17) is 0 Å². The summed E-state index contributed by atoms with van der Waals surface area (Å²) < 4.78 is 15.0. The number of nitrogens with one attached hydrogen (secondary N) is 1. The molecule has 0 aromatic heterocycles. The zero-order valence-corrected chi connectivity index (χ0v) is 18.6. The van der Waals surface area contributed by atoms with Gasteiger partial charge in [-0.2, -0.15) is 0 Å². The first-order chi connectivity index (χ1) is 15.9. The summed E-state index contributed by atoms with van der Waals surface area (Å²) in [5.74, 6) is -0.970. The van der Waals surface area contributed by atoms with Gasteiger partial charge in [-0.3, -0.25) is 24.5 Å². The molecule has 8 nitrogen and oxygen atoms in total. The molecular weight excluding hydrogens is 427 g/mol. The number of carbonyl (C=O) groups excluding carboxylic acids is 4. The molecule has 0 bridgehead atoms. The lowest BCUT2D eigenvalue weighted by Gasteiger charge is -2.36. The smallest absolute Gasteiger partial charge is 0.255 e. The molecule has 33 heavy (non-hydrogen) atoms. The van der Waals surface area contributed by atoms with Crippen molar-refractivity contribution in [3.63, 3.8) is 0 Å². The lowest BCUT2D eigenvalue weighted by molar-refractivity contribution is -0.137. The zero-order chi connectivity index (χ0) is 23.1. The molecule has 4 aliphatic rings.